The molecule has 0 saturated carbocycles. The zero-order chi connectivity index (χ0) is 16.3. The van der Waals surface area contributed by atoms with Crippen LogP contribution in [-0.2, 0) is 11.4 Å². The van der Waals surface area contributed by atoms with Gasteiger partial charge in [0.1, 0.15) is 0 Å². The number of nitrogens with zero attached hydrogens (tertiary/aromatic N) is 6. The summed E-state index contributed by atoms with van der Waals surface area (Å²) in [6.07, 6.45) is 3.68. The second-order valence-corrected chi connectivity index (χ2v) is 10.9. The Morgan fingerprint density at radius 2 is 1.29 bits per heavy atom. The Labute approximate surface area is 169 Å². The molecule has 3 aromatic heterocycles. The Balaban J connectivity index is 1.92. The summed E-state index contributed by atoms with van der Waals surface area (Å²) in [6.45, 7) is 0. The van der Waals surface area contributed by atoms with Crippen molar-refractivity contribution in [1.29, 1.82) is 0 Å². The topological polar surface area (TPSA) is 76.3 Å². The summed E-state index contributed by atoms with van der Waals surface area (Å²) >= 11 is 11.0. The van der Waals surface area contributed by atoms with Gasteiger partial charge in [-0.1, -0.05) is 0 Å². The Morgan fingerprint density at radius 3 is 1.71 bits per heavy atom. The van der Waals surface area contributed by atoms with Crippen molar-refractivity contribution in [2.75, 3.05) is 0 Å². The molecule has 0 N–H and O–H groups in total. The van der Waals surface area contributed by atoms with Crippen molar-refractivity contribution >= 4 is 103 Å². The molecule has 0 bridgehead atoms. The van der Waals surface area contributed by atoms with Crippen LogP contribution >= 0.6 is 54.5 Å². The summed E-state index contributed by atoms with van der Waals surface area (Å²) < 4.78 is 20.1. The van der Waals surface area contributed by atoms with Crippen molar-refractivity contribution in [1.82, 2.24) is 17.9 Å². The molecule has 4 heterocycles. The normalized spacial score (nSPS) is 12.8. The van der Waals surface area contributed by atoms with E-state index in [-0.39, 0.29) is 15.0 Å². The Morgan fingerprint density at radius 1 is 0.792 bits per heavy atom. The van der Waals surface area contributed by atoms with Crippen LogP contribution in [0.3, 0.4) is 0 Å². The van der Waals surface area contributed by atoms with Crippen molar-refractivity contribution in [3.05, 3.63) is 20.2 Å². The summed E-state index contributed by atoms with van der Waals surface area (Å²) in [5.74, 6) is 0. The second kappa shape index (κ2) is 5.97. The monoisotopic (exact) mass is 564 g/mol. The molecule has 1 aliphatic heterocycles. The van der Waals surface area contributed by atoms with Crippen molar-refractivity contribution in [3.8, 4) is 20.9 Å². The molecule has 0 saturated heterocycles. The van der Waals surface area contributed by atoms with Crippen LogP contribution in [0.5, 0.6) is 0 Å². The first-order valence-corrected chi connectivity index (χ1v) is 11.8. The van der Waals surface area contributed by atoms with Crippen molar-refractivity contribution in [2.45, 2.75) is 0 Å². The fraction of sp³-hybridized carbons (Fsp3) is 0. The van der Waals surface area contributed by atoms with E-state index < -0.39 is 0 Å². The first-order chi connectivity index (χ1) is 11.7. The van der Waals surface area contributed by atoms with E-state index in [0.717, 1.165) is 51.1 Å². The van der Waals surface area contributed by atoms with Crippen LogP contribution < -0.4 is 0 Å². The molecule has 24 heavy (non-hydrogen) atoms. The summed E-state index contributed by atoms with van der Waals surface area (Å²) in [6, 6.07) is 0. The minimum absolute atomic E-state index is 0.155. The van der Waals surface area contributed by atoms with Gasteiger partial charge in [-0.15, -0.1) is 0 Å². The number of hydrogen-bond donors (Lipinski definition) is 0. The van der Waals surface area contributed by atoms with Crippen LogP contribution in [0.15, 0.2) is 29.0 Å². The number of rotatable bonds is 2. The van der Waals surface area contributed by atoms with Gasteiger partial charge in [-0.25, -0.2) is 0 Å². The number of fused-ring (bicyclic) bond motifs is 2. The average Bonchev–Trinajstić information content (AvgIpc) is 3.31. The summed E-state index contributed by atoms with van der Waals surface area (Å²) in [5.41, 5.74) is 5.45. The second-order valence-electron chi connectivity index (χ2n) is 4.63. The summed E-state index contributed by atoms with van der Waals surface area (Å²) in [4.78, 5) is 10.6. The summed E-state index contributed by atoms with van der Waals surface area (Å²) in [5, 5.41) is 0. The van der Waals surface area contributed by atoms with Gasteiger partial charge in [0.15, 0.2) is 0 Å². The standard InChI is InChI=1S/C12H2Br2N6S3Se/c13-11-15-1-3(21-11)5-7-8(18-23-17-7)6(4-2-16-12(14)22-4)10-9(5)19-24-20-10/h1-2H. The van der Waals surface area contributed by atoms with Gasteiger partial charge in [0.05, 0.1) is 0 Å². The van der Waals surface area contributed by atoms with Gasteiger partial charge in [-0.05, 0) is 0 Å². The number of benzene rings is 1. The molecule has 0 unspecified atom stereocenters. The molecule has 0 atom stereocenters. The molecule has 1 aromatic carbocycles. The average molecular weight is 565 g/mol. The van der Waals surface area contributed by atoms with Gasteiger partial charge >= 0.3 is 171 Å². The molecule has 0 fully saturated rings. The van der Waals surface area contributed by atoms with Crippen LogP contribution in [-0.4, -0.2) is 32.9 Å². The van der Waals surface area contributed by atoms with E-state index in [0.29, 0.717) is 0 Å². The van der Waals surface area contributed by atoms with E-state index in [1.807, 2.05) is 12.4 Å². The first-order valence-electron chi connectivity index (χ1n) is 6.36. The van der Waals surface area contributed by atoms with E-state index >= 15 is 0 Å². The molecule has 4 aromatic rings. The van der Waals surface area contributed by atoms with E-state index in [1.54, 1.807) is 22.7 Å². The SMILES string of the molecule is Brc1ncc(-c2c3c(c(-c4cnc(Br)s4)c4n[se]nc24)N=S=N3)s1. The van der Waals surface area contributed by atoms with Crippen LogP contribution in [0, 0.1) is 0 Å². The maximum absolute atomic E-state index is 4.68. The molecule has 1 aliphatic rings. The third-order valence-corrected chi connectivity index (χ3v) is 8.00. The van der Waals surface area contributed by atoms with Crippen molar-refractivity contribution in [2.24, 2.45) is 8.73 Å². The molecule has 0 spiro atoms. The Bertz CT molecular complexity index is 1100. The fourth-order valence-corrected chi connectivity index (χ4v) is 6.82. The zero-order valence-corrected chi connectivity index (χ0v) is 18.6. The predicted octanol–water partition coefficient (Wildman–Crippen LogP) is 5.19. The quantitative estimate of drug-likeness (QED) is 0.277. The van der Waals surface area contributed by atoms with Gasteiger partial charge in [0.25, 0.3) is 0 Å². The summed E-state index contributed by atoms with van der Waals surface area (Å²) in [7, 11) is 0. The number of halogens is 2. The van der Waals surface area contributed by atoms with Gasteiger partial charge in [-0.2, -0.15) is 0 Å². The maximum atomic E-state index is 4.68. The van der Waals surface area contributed by atoms with E-state index in [1.165, 1.54) is 11.4 Å². The molecule has 5 rings (SSSR count). The van der Waals surface area contributed by atoms with E-state index in [2.05, 4.69) is 58.5 Å². The van der Waals surface area contributed by atoms with Gasteiger partial charge < -0.3 is 0 Å². The third kappa shape index (κ3) is 2.36. The molecule has 118 valence electrons. The number of hydrogen-bond acceptors (Lipinski definition) is 8. The van der Waals surface area contributed by atoms with E-state index in [4.69, 9.17) is 0 Å². The Hall–Kier alpha value is -0.621. The molecular weight excluding hydrogens is 563 g/mol. The fourth-order valence-electron chi connectivity index (χ4n) is 2.46. The van der Waals surface area contributed by atoms with Crippen LogP contribution in [0.1, 0.15) is 0 Å². The van der Waals surface area contributed by atoms with Crippen LogP contribution in [0.2, 0.25) is 0 Å². The van der Waals surface area contributed by atoms with E-state index in [9.17, 15) is 0 Å². The molecule has 6 nitrogen and oxygen atoms in total. The molecule has 12 heteroatoms. The third-order valence-electron chi connectivity index (χ3n) is 3.37. The molecule has 0 amide bonds. The van der Waals surface area contributed by atoms with Gasteiger partial charge in [0.2, 0.25) is 0 Å². The molecular formula is C12H2Br2N6S3Se. The molecule has 0 aliphatic carbocycles. The van der Waals surface area contributed by atoms with Gasteiger partial charge in [-0.3, -0.25) is 0 Å². The van der Waals surface area contributed by atoms with Crippen molar-refractivity contribution in [3.63, 3.8) is 0 Å². The van der Waals surface area contributed by atoms with Crippen LogP contribution in [0.25, 0.3) is 31.9 Å². The van der Waals surface area contributed by atoms with Crippen molar-refractivity contribution < 1.29 is 0 Å². The number of thiazole rings is 2. The predicted molar refractivity (Wildman–Crippen MR) is 106 cm³/mol. The zero-order valence-electron chi connectivity index (χ0n) is 11.2. The minimum atomic E-state index is -0.155. The van der Waals surface area contributed by atoms with Gasteiger partial charge in [0, 0.05) is 0 Å². The first kappa shape index (κ1) is 15.6. The Kier molecular flexibility index (Phi) is 3.89. The molecule has 0 radical (unpaired) electrons. The number of aromatic nitrogens is 4. The van der Waals surface area contributed by atoms with Crippen LogP contribution in [0.4, 0.5) is 11.4 Å².